The summed E-state index contributed by atoms with van der Waals surface area (Å²) in [5.41, 5.74) is 5.28. The van der Waals surface area contributed by atoms with E-state index in [1.54, 1.807) is 6.07 Å². The third kappa shape index (κ3) is 3.11. The summed E-state index contributed by atoms with van der Waals surface area (Å²) in [5.74, 6) is -0.210. The molecule has 114 valence electrons. The first-order valence-corrected chi connectivity index (χ1v) is 7.37. The van der Waals surface area contributed by atoms with Crippen LogP contribution in [-0.4, -0.2) is 0 Å². The van der Waals surface area contributed by atoms with Crippen molar-refractivity contribution < 1.29 is 4.39 Å². The summed E-state index contributed by atoms with van der Waals surface area (Å²) in [7, 11) is 0. The lowest BCUT2D eigenvalue weighted by Gasteiger charge is -2.30. The number of rotatable bonds is 4. The number of allylic oxidation sites excluding steroid dienone is 2. The van der Waals surface area contributed by atoms with Crippen molar-refractivity contribution in [1.82, 2.24) is 0 Å². The predicted molar refractivity (Wildman–Crippen MR) is 93.1 cm³/mol. The predicted octanol–water partition coefficient (Wildman–Crippen LogP) is 5.93. The van der Waals surface area contributed by atoms with Gasteiger partial charge in [-0.1, -0.05) is 42.5 Å². The summed E-state index contributed by atoms with van der Waals surface area (Å²) in [6.07, 6.45) is 0. The third-order valence-electron chi connectivity index (χ3n) is 3.55. The van der Waals surface area contributed by atoms with Crippen molar-refractivity contribution in [2.75, 3.05) is 4.90 Å². The van der Waals surface area contributed by atoms with Gasteiger partial charge in [0.05, 0.1) is 5.70 Å². The lowest BCUT2D eigenvalue weighted by Crippen LogP contribution is -2.21. The molecule has 0 aliphatic rings. The van der Waals surface area contributed by atoms with Gasteiger partial charge < -0.3 is 4.90 Å². The van der Waals surface area contributed by atoms with E-state index in [4.69, 9.17) is 0 Å². The minimum absolute atomic E-state index is 0.210. The molecule has 2 aromatic rings. The summed E-state index contributed by atoms with van der Waals surface area (Å²) >= 11 is 0. The van der Waals surface area contributed by atoms with Crippen LogP contribution < -0.4 is 4.90 Å². The molecular weight excluding hydrogens is 273 g/mol. The highest BCUT2D eigenvalue weighted by molar-refractivity contribution is 5.85. The Hall–Kier alpha value is -2.35. The van der Waals surface area contributed by atoms with E-state index in [-0.39, 0.29) is 5.82 Å². The molecule has 0 atom stereocenters. The van der Waals surface area contributed by atoms with Gasteiger partial charge in [0.25, 0.3) is 0 Å². The molecule has 22 heavy (non-hydrogen) atoms. The van der Waals surface area contributed by atoms with Crippen molar-refractivity contribution in [3.05, 3.63) is 83.3 Å². The van der Waals surface area contributed by atoms with Crippen molar-refractivity contribution in [2.24, 2.45) is 0 Å². The molecule has 0 fully saturated rings. The number of benzene rings is 2. The molecular formula is C20H22FN. The van der Waals surface area contributed by atoms with Crippen molar-refractivity contribution in [1.29, 1.82) is 0 Å². The smallest absolute Gasteiger partial charge is 0.132 e. The van der Waals surface area contributed by atoms with Crippen LogP contribution in [0.25, 0.3) is 5.70 Å². The Balaban J connectivity index is 2.71. The topological polar surface area (TPSA) is 3.24 Å². The zero-order valence-electron chi connectivity index (χ0n) is 13.7. The van der Waals surface area contributed by atoms with Crippen molar-refractivity contribution >= 4 is 11.4 Å². The number of halogens is 1. The number of hydrogen-bond donors (Lipinski definition) is 0. The van der Waals surface area contributed by atoms with E-state index in [0.29, 0.717) is 5.56 Å². The molecule has 0 aromatic heterocycles. The second-order valence-electron chi connectivity index (χ2n) is 5.69. The quantitative estimate of drug-likeness (QED) is 0.676. The fraction of sp³-hybridized carbons (Fsp3) is 0.200. The Morgan fingerprint density at radius 3 is 2.09 bits per heavy atom. The summed E-state index contributed by atoms with van der Waals surface area (Å²) < 4.78 is 14.5. The normalized spacial score (nSPS) is 10.2. The van der Waals surface area contributed by atoms with E-state index < -0.39 is 0 Å². The molecule has 0 saturated heterocycles. The molecule has 2 heteroatoms. The van der Waals surface area contributed by atoms with Crippen LogP contribution in [0.1, 0.15) is 31.9 Å². The summed E-state index contributed by atoms with van der Waals surface area (Å²) in [6.45, 7) is 12.0. The molecule has 0 N–H and O–H groups in total. The average molecular weight is 295 g/mol. The zero-order valence-corrected chi connectivity index (χ0v) is 13.7. The lowest BCUT2D eigenvalue weighted by molar-refractivity contribution is 0.621. The molecule has 0 saturated carbocycles. The van der Waals surface area contributed by atoms with Gasteiger partial charge in [0, 0.05) is 16.9 Å². The highest BCUT2D eigenvalue weighted by Crippen LogP contribution is 2.34. The first kappa shape index (κ1) is 16.0. The van der Waals surface area contributed by atoms with Gasteiger partial charge in [0.15, 0.2) is 0 Å². The Labute approximate surface area is 132 Å². The van der Waals surface area contributed by atoms with E-state index in [1.807, 2.05) is 69.0 Å². The second kappa shape index (κ2) is 6.61. The van der Waals surface area contributed by atoms with Gasteiger partial charge in [-0.2, -0.15) is 0 Å². The Morgan fingerprint density at radius 2 is 1.59 bits per heavy atom. The van der Waals surface area contributed by atoms with Crippen LogP contribution >= 0.6 is 0 Å². The summed E-state index contributed by atoms with van der Waals surface area (Å²) in [5, 5.41) is 0. The van der Waals surface area contributed by atoms with E-state index >= 15 is 0 Å². The standard InChI is InChI=1S/C20H22FN/c1-14(2)20(19-16(5)10-9-13-18(19)21)22(15(3)4)17-11-7-6-8-12-17/h6-13H,3H2,1-2,4-5H3. The fourth-order valence-electron chi connectivity index (χ4n) is 2.63. The molecule has 2 aromatic carbocycles. The van der Waals surface area contributed by atoms with Gasteiger partial charge in [-0.15, -0.1) is 0 Å². The maximum Gasteiger partial charge on any atom is 0.132 e. The monoisotopic (exact) mass is 295 g/mol. The average Bonchev–Trinajstić information content (AvgIpc) is 2.46. The Kier molecular flexibility index (Phi) is 4.81. The van der Waals surface area contributed by atoms with Crippen LogP contribution in [0, 0.1) is 12.7 Å². The van der Waals surface area contributed by atoms with Crippen LogP contribution in [-0.2, 0) is 0 Å². The van der Waals surface area contributed by atoms with E-state index in [2.05, 4.69) is 6.58 Å². The number of nitrogens with zero attached hydrogens (tertiary/aromatic N) is 1. The molecule has 0 unspecified atom stereocenters. The molecule has 0 aliphatic carbocycles. The van der Waals surface area contributed by atoms with Crippen LogP contribution in [0.3, 0.4) is 0 Å². The number of para-hydroxylation sites is 1. The molecule has 2 rings (SSSR count). The molecule has 0 spiro atoms. The van der Waals surface area contributed by atoms with E-state index in [1.165, 1.54) is 6.07 Å². The van der Waals surface area contributed by atoms with Crippen molar-refractivity contribution in [3.63, 3.8) is 0 Å². The SMILES string of the molecule is C=C(C)N(C(=C(C)C)c1c(C)cccc1F)c1ccccc1. The first-order valence-electron chi connectivity index (χ1n) is 7.37. The van der Waals surface area contributed by atoms with Gasteiger partial charge in [-0.05, 0) is 51.5 Å². The van der Waals surface area contributed by atoms with Crippen LogP contribution in [0.5, 0.6) is 0 Å². The van der Waals surface area contributed by atoms with Crippen molar-refractivity contribution in [3.8, 4) is 0 Å². The highest BCUT2D eigenvalue weighted by atomic mass is 19.1. The second-order valence-corrected chi connectivity index (χ2v) is 5.69. The minimum atomic E-state index is -0.210. The number of anilines is 1. The largest absolute Gasteiger partial charge is 0.314 e. The first-order chi connectivity index (χ1) is 10.4. The lowest BCUT2D eigenvalue weighted by atomic mass is 9.99. The van der Waals surface area contributed by atoms with Gasteiger partial charge in [-0.25, -0.2) is 4.39 Å². The summed E-state index contributed by atoms with van der Waals surface area (Å²) in [6, 6.07) is 15.1. The zero-order chi connectivity index (χ0) is 16.3. The van der Waals surface area contributed by atoms with Crippen LogP contribution in [0.15, 0.2) is 66.4 Å². The van der Waals surface area contributed by atoms with Gasteiger partial charge in [0.1, 0.15) is 5.82 Å². The molecule has 1 nitrogen and oxygen atoms in total. The molecule has 0 radical (unpaired) electrons. The van der Waals surface area contributed by atoms with E-state index in [9.17, 15) is 4.39 Å². The Morgan fingerprint density at radius 1 is 0.955 bits per heavy atom. The molecule has 0 aliphatic heterocycles. The van der Waals surface area contributed by atoms with Gasteiger partial charge >= 0.3 is 0 Å². The summed E-state index contributed by atoms with van der Waals surface area (Å²) in [4.78, 5) is 2.01. The maximum atomic E-state index is 14.5. The Bertz CT molecular complexity index is 689. The van der Waals surface area contributed by atoms with Crippen LogP contribution in [0.4, 0.5) is 10.1 Å². The third-order valence-corrected chi connectivity index (χ3v) is 3.55. The van der Waals surface area contributed by atoms with Crippen molar-refractivity contribution in [2.45, 2.75) is 27.7 Å². The fourth-order valence-corrected chi connectivity index (χ4v) is 2.63. The van der Waals surface area contributed by atoms with Crippen LogP contribution in [0.2, 0.25) is 0 Å². The molecule has 0 amide bonds. The number of aryl methyl sites for hydroxylation is 1. The molecule has 0 bridgehead atoms. The van der Waals surface area contributed by atoms with Gasteiger partial charge in [-0.3, -0.25) is 0 Å². The van der Waals surface area contributed by atoms with E-state index in [0.717, 1.165) is 28.2 Å². The minimum Gasteiger partial charge on any atom is -0.314 e. The van der Waals surface area contributed by atoms with Gasteiger partial charge in [0.2, 0.25) is 0 Å². The highest BCUT2D eigenvalue weighted by Gasteiger charge is 2.20. The maximum absolute atomic E-state index is 14.5. The number of hydrogen-bond acceptors (Lipinski definition) is 1. The molecule has 0 heterocycles.